The Kier molecular flexibility index (Phi) is 6.70. The van der Waals surface area contributed by atoms with Crippen molar-refractivity contribution < 1.29 is 23.8 Å². The van der Waals surface area contributed by atoms with Crippen LogP contribution >= 0.6 is 0 Å². The molecule has 2 aliphatic rings. The first kappa shape index (κ1) is 23.9. The number of carboxylic acid groups (broad SMARTS) is 1. The van der Waals surface area contributed by atoms with Gasteiger partial charge in [-0.15, -0.1) is 0 Å². The van der Waals surface area contributed by atoms with Crippen LogP contribution in [0.3, 0.4) is 0 Å². The quantitative estimate of drug-likeness (QED) is 0.662. The Morgan fingerprint density at radius 3 is 2.65 bits per heavy atom. The van der Waals surface area contributed by atoms with Gasteiger partial charge in [-0.05, 0) is 51.8 Å². The van der Waals surface area contributed by atoms with Crippen molar-refractivity contribution in [2.45, 2.75) is 45.7 Å². The van der Waals surface area contributed by atoms with Crippen LogP contribution in [-0.4, -0.2) is 69.1 Å². The Labute approximate surface area is 197 Å². The molecule has 9 nitrogen and oxygen atoms in total. The van der Waals surface area contributed by atoms with E-state index in [1.54, 1.807) is 11.1 Å². The first-order valence-corrected chi connectivity index (χ1v) is 11.6. The topological polar surface area (TPSA) is 108 Å². The van der Waals surface area contributed by atoms with E-state index in [0.29, 0.717) is 43.9 Å². The van der Waals surface area contributed by atoms with Crippen LogP contribution in [0.15, 0.2) is 30.7 Å². The Bertz CT molecular complexity index is 1070. The van der Waals surface area contributed by atoms with Crippen LogP contribution in [0.4, 0.5) is 9.18 Å². The number of benzene rings is 1. The highest BCUT2D eigenvalue weighted by molar-refractivity contribution is 5.97. The standard InChI is InChI=1S/C24H30FN5O4/c1-4-30(15(2)3)22(31)17-11-16(25)5-6-18(17)34-19-12-26-14-28-20(19)21-24(13-27-21)7-9-29(10-8-24)23(32)33/h5-6,11-12,14-15,21,27H,4,7-10,13H2,1-3H3,(H,32,33). The smallest absolute Gasteiger partial charge is 0.407 e. The van der Waals surface area contributed by atoms with Crippen molar-refractivity contribution in [2.75, 3.05) is 26.2 Å². The van der Waals surface area contributed by atoms with Crippen LogP contribution in [-0.2, 0) is 0 Å². The van der Waals surface area contributed by atoms with Gasteiger partial charge in [-0.25, -0.2) is 19.2 Å². The molecule has 2 N–H and O–H groups in total. The minimum Gasteiger partial charge on any atom is -0.465 e. The van der Waals surface area contributed by atoms with E-state index in [9.17, 15) is 19.1 Å². The van der Waals surface area contributed by atoms with Crippen molar-refractivity contribution in [3.8, 4) is 11.5 Å². The highest BCUT2D eigenvalue weighted by Gasteiger charge is 2.51. The Hall–Kier alpha value is -3.27. The molecule has 2 aliphatic heterocycles. The van der Waals surface area contributed by atoms with Crippen molar-refractivity contribution in [3.63, 3.8) is 0 Å². The van der Waals surface area contributed by atoms with Crippen LogP contribution in [0.25, 0.3) is 0 Å². The molecule has 10 heteroatoms. The number of hydrogen-bond acceptors (Lipinski definition) is 6. The molecule has 34 heavy (non-hydrogen) atoms. The Balaban J connectivity index is 1.62. The number of nitrogens with zero attached hydrogens (tertiary/aromatic N) is 4. The third-order valence-corrected chi connectivity index (χ3v) is 6.90. The SMILES string of the molecule is CCN(C(=O)c1cc(F)ccc1Oc1cncnc1C1NCC12CCN(C(=O)O)CC2)C(C)C. The van der Waals surface area contributed by atoms with Gasteiger partial charge in [0, 0.05) is 37.6 Å². The normalized spacial score (nSPS) is 19.1. The summed E-state index contributed by atoms with van der Waals surface area (Å²) in [5.41, 5.74) is 0.650. The number of piperidine rings is 1. The van der Waals surface area contributed by atoms with Gasteiger partial charge in [0.25, 0.3) is 5.91 Å². The fourth-order valence-electron chi connectivity index (χ4n) is 4.88. The monoisotopic (exact) mass is 471 g/mol. The van der Waals surface area contributed by atoms with E-state index < -0.39 is 11.9 Å². The highest BCUT2D eigenvalue weighted by atomic mass is 19.1. The fraction of sp³-hybridized carbons (Fsp3) is 0.500. The molecule has 2 aromatic rings. The zero-order valence-corrected chi connectivity index (χ0v) is 19.6. The summed E-state index contributed by atoms with van der Waals surface area (Å²) in [4.78, 5) is 36.1. The Morgan fingerprint density at radius 2 is 2.06 bits per heavy atom. The summed E-state index contributed by atoms with van der Waals surface area (Å²) >= 11 is 0. The molecule has 0 saturated carbocycles. The largest absolute Gasteiger partial charge is 0.465 e. The predicted molar refractivity (Wildman–Crippen MR) is 122 cm³/mol. The average molecular weight is 472 g/mol. The van der Waals surface area contributed by atoms with Crippen LogP contribution in [0.2, 0.25) is 0 Å². The van der Waals surface area contributed by atoms with E-state index in [0.717, 1.165) is 6.54 Å². The molecule has 2 fully saturated rings. The Morgan fingerprint density at radius 1 is 1.32 bits per heavy atom. The molecule has 0 radical (unpaired) electrons. The van der Waals surface area contributed by atoms with E-state index >= 15 is 0 Å². The number of carbonyl (C=O) groups is 2. The van der Waals surface area contributed by atoms with Crippen LogP contribution in [0.5, 0.6) is 11.5 Å². The number of carbonyl (C=O) groups excluding carboxylic acids is 1. The lowest BCUT2D eigenvalue weighted by Gasteiger charge is -2.53. The lowest BCUT2D eigenvalue weighted by atomic mass is 9.65. The summed E-state index contributed by atoms with van der Waals surface area (Å²) in [5.74, 6) is -0.224. The zero-order chi connectivity index (χ0) is 24.5. The van der Waals surface area contributed by atoms with E-state index in [4.69, 9.17) is 4.74 Å². The maximum atomic E-state index is 14.1. The zero-order valence-electron chi connectivity index (χ0n) is 19.6. The van der Waals surface area contributed by atoms with E-state index in [2.05, 4.69) is 15.3 Å². The third-order valence-electron chi connectivity index (χ3n) is 6.90. The lowest BCUT2D eigenvalue weighted by molar-refractivity contribution is 0.00441. The summed E-state index contributed by atoms with van der Waals surface area (Å²) in [6, 6.07) is 3.70. The lowest BCUT2D eigenvalue weighted by Crippen LogP contribution is -2.60. The maximum Gasteiger partial charge on any atom is 0.407 e. The van der Waals surface area contributed by atoms with E-state index in [-0.39, 0.29) is 34.7 Å². The number of ether oxygens (including phenoxy) is 1. The number of likely N-dealkylation sites (tertiary alicyclic amines) is 1. The van der Waals surface area contributed by atoms with Crippen molar-refractivity contribution >= 4 is 12.0 Å². The van der Waals surface area contributed by atoms with Gasteiger partial charge < -0.3 is 25.0 Å². The molecule has 1 aromatic heterocycles. The van der Waals surface area contributed by atoms with Crippen LogP contribution < -0.4 is 10.1 Å². The van der Waals surface area contributed by atoms with Crippen molar-refractivity contribution in [2.24, 2.45) is 5.41 Å². The van der Waals surface area contributed by atoms with Crippen molar-refractivity contribution in [3.05, 3.63) is 47.8 Å². The van der Waals surface area contributed by atoms with E-state index in [1.807, 2.05) is 20.8 Å². The minimum absolute atomic E-state index is 0.0556. The second-order valence-corrected chi connectivity index (χ2v) is 9.15. The summed E-state index contributed by atoms with van der Waals surface area (Å²) in [7, 11) is 0. The molecule has 4 rings (SSSR count). The summed E-state index contributed by atoms with van der Waals surface area (Å²) < 4.78 is 20.3. The molecule has 0 bridgehead atoms. The molecule has 1 atom stereocenters. The van der Waals surface area contributed by atoms with Gasteiger partial charge in [0.2, 0.25) is 0 Å². The molecular formula is C24H30FN5O4. The summed E-state index contributed by atoms with van der Waals surface area (Å²) in [6.45, 7) is 7.85. The van der Waals surface area contributed by atoms with Crippen molar-refractivity contribution in [1.29, 1.82) is 0 Å². The molecular weight excluding hydrogens is 441 g/mol. The molecule has 2 saturated heterocycles. The molecule has 2 amide bonds. The number of hydrogen-bond donors (Lipinski definition) is 2. The maximum absolute atomic E-state index is 14.1. The molecule has 1 spiro atoms. The fourth-order valence-corrected chi connectivity index (χ4v) is 4.88. The second kappa shape index (κ2) is 9.54. The van der Waals surface area contributed by atoms with Crippen molar-refractivity contribution in [1.82, 2.24) is 25.1 Å². The van der Waals surface area contributed by atoms with Gasteiger partial charge in [-0.2, -0.15) is 0 Å². The summed E-state index contributed by atoms with van der Waals surface area (Å²) in [5, 5.41) is 12.7. The van der Waals surface area contributed by atoms with Gasteiger partial charge in [0.15, 0.2) is 5.75 Å². The number of amides is 2. The van der Waals surface area contributed by atoms with E-state index in [1.165, 1.54) is 29.4 Å². The molecule has 1 aromatic carbocycles. The number of halogens is 1. The first-order chi connectivity index (χ1) is 16.3. The van der Waals surface area contributed by atoms with Gasteiger partial charge in [-0.1, -0.05) is 0 Å². The number of rotatable bonds is 6. The summed E-state index contributed by atoms with van der Waals surface area (Å²) in [6.07, 6.45) is 3.50. The third kappa shape index (κ3) is 4.42. The van der Waals surface area contributed by atoms with Crippen LogP contribution in [0.1, 0.15) is 55.7 Å². The van der Waals surface area contributed by atoms with Gasteiger partial charge in [0.05, 0.1) is 17.8 Å². The highest BCUT2D eigenvalue weighted by Crippen LogP contribution is 2.50. The number of aromatic nitrogens is 2. The molecule has 3 heterocycles. The van der Waals surface area contributed by atoms with Gasteiger partial charge in [-0.3, -0.25) is 4.79 Å². The molecule has 0 aliphatic carbocycles. The van der Waals surface area contributed by atoms with Gasteiger partial charge in [0.1, 0.15) is 23.6 Å². The second-order valence-electron chi connectivity index (χ2n) is 9.15. The predicted octanol–water partition coefficient (Wildman–Crippen LogP) is 3.68. The minimum atomic E-state index is -0.902. The van der Waals surface area contributed by atoms with Gasteiger partial charge >= 0.3 is 6.09 Å². The first-order valence-electron chi connectivity index (χ1n) is 11.6. The number of nitrogens with one attached hydrogen (secondary N) is 1. The molecule has 182 valence electrons. The van der Waals surface area contributed by atoms with Crippen LogP contribution in [0, 0.1) is 11.2 Å². The average Bonchev–Trinajstić information content (AvgIpc) is 2.80. The molecule has 1 unspecified atom stereocenters.